The van der Waals surface area contributed by atoms with Gasteiger partial charge in [-0.15, -0.1) is 0 Å². The van der Waals surface area contributed by atoms with Gasteiger partial charge in [-0.25, -0.2) is 0 Å². The zero-order chi connectivity index (χ0) is 13.0. The molecule has 4 heteroatoms. The highest BCUT2D eigenvalue weighted by atomic mass is 16.3. The van der Waals surface area contributed by atoms with Crippen molar-refractivity contribution in [2.45, 2.75) is 38.3 Å². The zero-order valence-corrected chi connectivity index (χ0v) is 10.6. The van der Waals surface area contributed by atoms with E-state index in [2.05, 4.69) is 17.2 Å². The van der Waals surface area contributed by atoms with Crippen LogP contribution in [-0.4, -0.2) is 35.1 Å². The number of benzene rings is 1. The molecule has 4 nitrogen and oxygen atoms in total. The number of piperidine rings is 1. The third-order valence-corrected chi connectivity index (χ3v) is 3.28. The average Bonchev–Trinajstić information content (AvgIpc) is 2.32. The molecule has 1 aromatic carbocycles. The number of hydrogen-bond acceptors (Lipinski definition) is 4. The van der Waals surface area contributed by atoms with Gasteiger partial charge in [0, 0.05) is 29.9 Å². The van der Waals surface area contributed by atoms with Crippen molar-refractivity contribution in [2.24, 2.45) is 4.99 Å². The summed E-state index contributed by atoms with van der Waals surface area (Å²) in [5, 5.41) is 22.3. The molecular weight excluding hydrogens is 228 g/mol. The van der Waals surface area contributed by atoms with Gasteiger partial charge in [0.15, 0.2) is 0 Å². The minimum atomic E-state index is 0.0590. The minimum absolute atomic E-state index is 0.0590. The van der Waals surface area contributed by atoms with Gasteiger partial charge < -0.3 is 15.5 Å². The maximum atomic E-state index is 9.60. The Morgan fingerprint density at radius 1 is 1.39 bits per heavy atom. The van der Waals surface area contributed by atoms with E-state index in [0.717, 1.165) is 13.0 Å². The first-order chi connectivity index (χ1) is 8.65. The van der Waals surface area contributed by atoms with Crippen LogP contribution in [0.3, 0.4) is 0 Å². The van der Waals surface area contributed by atoms with Crippen LogP contribution in [-0.2, 0) is 0 Å². The predicted molar refractivity (Wildman–Crippen MR) is 72.5 cm³/mol. The van der Waals surface area contributed by atoms with E-state index in [1.54, 1.807) is 18.3 Å². The standard InChI is InChI=1S/C14H20N2O2/c1-10-3-2-4-12(16-10)9-15-8-11-5-6-13(17)7-14(11)18/h5-8,10,12,16-18H,2-4,9H2,1H3. The van der Waals surface area contributed by atoms with E-state index in [4.69, 9.17) is 0 Å². The number of rotatable bonds is 3. The Morgan fingerprint density at radius 2 is 2.22 bits per heavy atom. The average molecular weight is 248 g/mol. The van der Waals surface area contributed by atoms with E-state index in [-0.39, 0.29) is 11.5 Å². The van der Waals surface area contributed by atoms with Crippen LogP contribution in [0.1, 0.15) is 31.7 Å². The molecule has 0 bridgehead atoms. The van der Waals surface area contributed by atoms with E-state index < -0.39 is 0 Å². The third-order valence-electron chi connectivity index (χ3n) is 3.28. The molecule has 1 aliphatic rings. The van der Waals surface area contributed by atoms with Gasteiger partial charge in [-0.2, -0.15) is 0 Å². The third kappa shape index (κ3) is 3.47. The van der Waals surface area contributed by atoms with Crippen LogP contribution in [0.4, 0.5) is 0 Å². The number of aromatic hydroxyl groups is 2. The van der Waals surface area contributed by atoms with E-state index in [1.807, 2.05) is 0 Å². The van der Waals surface area contributed by atoms with Crippen LogP contribution in [0, 0.1) is 0 Å². The fourth-order valence-corrected chi connectivity index (χ4v) is 2.30. The van der Waals surface area contributed by atoms with Crippen LogP contribution in [0.15, 0.2) is 23.2 Å². The second kappa shape index (κ2) is 5.87. The van der Waals surface area contributed by atoms with Gasteiger partial charge in [-0.3, -0.25) is 4.99 Å². The molecule has 1 aromatic rings. The molecule has 2 atom stereocenters. The van der Waals surface area contributed by atoms with Crippen molar-refractivity contribution < 1.29 is 10.2 Å². The summed E-state index contributed by atoms with van der Waals surface area (Å²) in [6.07, 6.45) is 5.30. The van der Waals surface area contributed by atoms with E-state index in [0.29, 0.717) is 17.6 Å². The molecule has 1 fully saturated rings. The van der Waals surface area contributed by atoms with Crippen molar-refractivity contribution in [3.05, 3.63) is 23.8 Å². The molecule has 0 aliphatic carbocycles. The van der Waals surface area contributed by atoms with E-state index in [1.165, 1.54) is 18.9 Å². The Balaban J connectivity index is 1.90. The molecule has 1 heterocycles. The van der Waals surface area contributed by atoms with Crippen LogP contribution < -0.4 is 5.32 Å². The SMILES string of the molecule is CC1CCCC(CN=Cc2ccc(O)cc2O)N1. The summed E-state index contributed by atoms with van der Waals surface area (Å²) in [5.41, 5.74) is 0.636. The predicted octanol–water partition coefficient (Wildman–Crippen LogP) is 2.05. The molecule has 0 saturated carbocycles. The monoisotopic (exact) mass is 248 g/mol. The van der Waals surface area contributed by atoms with Gasteiger partial charge in [-0.05, 0) is 31.9 Å². The first kappa shape index (κ1) is 12.9. The Morgan fingerprint density at radius 3 is 2.94 bits per heavy atom. The second-order valence-corrected chi connectivity index (χ2v) is 4.93. The maximum Gasteiger partial charge on any atom is 0.128 e. The number of phenols is 2. The van der Waals surface area contributed by atoms with Gasteiger partial charge in [0.1, 0.15) is 11.5 Å². The normalized spacial score (nSPS) is 24.5. The molecule has 0 radical (unpaired) electrons. The van der Waals surface area contributed by atoms with Crippen LogP contribution in [0.25, 0.3) is 0 Å². The largest absolute Gasteiger partial charge is 0.508 e. The van der Waals surface area contributed by atoms with Gasteiger partial charge in [-0.1, -0.05) is 6.42 Å². The smallest absolute Gasteiger partial charge is 0.128 e. The highest BCUT2D eigenvalue weighted by Gasteiger charge is 2.16. The lowest BCUT2D eigenvalue weighted by molar-refractivity contribution is 0.341. The highest BCUT2D eigenvalue weighted by molar-refractivity contribution is 5.83. The summed E-state index contributed by atoms with van der Waals surface area (Å²) in [6, 6.07) is 5.53. The molecule has 2 unspecified atom stereocenters. The minimum Gasteiger partial charge on any atom is -0.508 e. The van der Waals surface area contributed by atoms with E-state index >= 15 is 0 Å². The summed E-state index contributed by atoms with van der Waals surface area (Å²) in [6.45, 7) is 2.92. The summed E-state index contributed by atoms with van der Waals surface area (Å²) in [5.74, 6) is 0.121. The quantitative estimate of drug-likeness (QED) is 0.717. The van der Waals surface area contributed by atoms with Crippen LogP contribution in [0.2, 0.25) is 0 Å². The lowest BCUT2D eigenvalue weighted by atomic mass is 10.00. The lowest BCUT2D eigenvalue weighted by Crippen LogP contribution is -2.42. The highest BCUT2D eigenvalue weighted by Crippen LogP contribution is 2.21. The van der Waals surface area contributed by atoms with Gasteiger partial charge in [0.2, 0.25) is 0 Å². The molecule has 3 N–H and O–H groups in total. The van der Waals surface area contributed by atoms with Gasteiger partial charge >= 0.3 is 0 Å². The van der Waals surface area contributed by atoms with Crippen molar-refractivity contribution in [2.75, 3.05) is 6.54 Å². The van der Waals surface area contributed by atoms with Crippen LogP contribution >= 0.6 is 0 Å². The van der Waals surface area contributed by atoms with Crippen molar-refractivity contribution in [1.29, 1.82) is 0 Å². The molecule has 1 saturated heterocycles. The zero-order valence-electron chi connectivity index (χ0n) is 10.6. The van der Waals surface area contributed by atoms with Crippen molar-refractivity contribution in [3.8, 4) is 11.5 Å². The Kier molecular flexibility index (Phi) is 4.20. The number of nitrogens with one attached hydrogen (secondary N) is 1. The molecule has 0 spiro atoms. The second-order valence-electron chi connectivity index (χ2n) is 4.93. The Labute approximate surface area is 107 Å². The summed E-state index contributed by atoms with van der Waals surface area (Å²) >= 11 is 0. The molecule has 18 heavy (non-hydrogen) atoms. The Bertz CT molecular complexity index is 432. The molecule has 1 aliphatic heterocycles. The summed E-state index contributed by atoms with van der Waals surface area (Å²) in [4.78, 5) is 4.36. The van der Waals surface area contributed by atoms with E-state index in [9.17, 15) is 10.2 Å². The van der Waals surface area contributed by atoms with Crippen molar-refractivity contribution in [3.63, 3.8) is 0 Å². The Hall–Kier alpha value is -1.55. The molecular formula is C14H20N2O2. The first-order valence-electron chi connectivity index (χ1n) is 6.43. The number of phenolic OH excluding ortho intramolecular Hbond substituents is 2. The molecule has 2 rings (SSSR count). The molecule has 0 aromatic heterocycles. The molecule has 0 amide bonds. The topological polar surface area (TPSA) is 64.9 Å². The van der Waals surface area contributed by atoms with Gasteiger partial charge in [0.25, 0.3) is 0 Å². The first-order valence-corrected chi connectivity index (χ1v) is 6.43. The molecule has 98 valence electrons. The fraction of sp³-hybridized carbons (Fsp3) is 0.500. The number of nitrogens with zero attached hydrogens (tertiary/aromatic N) is 1. The lowest BCUT2D eigenvalue weighted by Gasteiger charge is -2.27. The summed E-state index contributed by atoms with van der Waals surface area (Å²) in [7, 11) is 0. The van der Waals surface area contributed by atoms with Gasteiger partial charge in [0.05, 0.1) is 6.54 Å². The fourth-order valence-electron chi connectivity index (χ4n) is 2.30. The van der Waals surface area contributed by atoms with Crippen molar-refractivity contribution >= 4 is 6.21 Å². The maximum absolute atomic E-state index is 9.60. The van der Waals surface area contributed by atoms with Crippen LogP contribution in [0.5, 0.6) is 11.5 Å². The number of aliphatic imine (C=N–C) groups is 1. The summed E-state index contributed by atoms with van der Waals surface area (Å²) < 4.78 is 0. The van der Waals surface area contributed by atoms with Crippen molar-refractivity contribution in [1.82, 2.24) is 5.32 Å². The number of hydrogen-bond donors (Lipinski definition) is 3.